The summed E-state index contributed by atoms with van der Waals surface area (Å²) in [7, 11) is -0.162. The molecule has 7 heteroatoms. The number of ether oxygens (including phenoxy) is 1. The molecule has 0 saturated heterocycles. The molecule has 3 rings (SSSR count). The lowest BCUT2D eigenvalue weighted by molar-refractivity contribution is 0.414. The summed E-state index contributed by atoms with van der Waals surface area (Å²) in [5.74, 6) is 0.439. The van der Waals surface area contributed by atoms with E-state index in [0.717, 1.165) is 22.6 Å². The third-order valence-corrected chi connectivity index (χ3v) is 6.46. The first-order valence-electron chi connectivity index (χ1n) is 9.08. The zero-order chi connectivity index (χ0) is 20.6. The second-order valence-corrected chi connectivity index (χ2v) is 9.31. The van der Waals surface area contributed by atoms with Crippen LogP contribution in [0.1, 0.15) is 36.9 Å². The molecule has 0 amide bonds. The molecule has 2 unspecified atom stereocenters. The van der Waals surface area contributed by atoms with Crippen molar-refractivity contribution < 1.29 is 13.2 Å². The second kappa shape index (κ2) is 7.36. The summed E-state index contributed by atoms with van der Waals surface area (Å²) in [6, 6.07) is 15.7. The molecule has 2 aromatic rings. The lowest BCUT2D eigenvalue weighted by atomic mass is 9.91. The Hall–Kier alpha value is -2.72. The molecular weight excluding hydrogens is 374 g/mol. The van der Waals surface area contributed by atoms with Crippen LogP contribution >= 0.6 is 0 Å². The van der Waals surface area contributed by atoms with Crippen molar-refractivity contribution in [3.8, 4) is 11.8 Å². The summed E-state index contributed by atoms with van der Waals surface area (Å²) in [6.07, 6.45) is 1.17. The third-order valence-electron chi connectivity index (χ3n) is 5.26. The molecule has 0 bridgehead atoms. The van der Waals surface area contributed by atoms with Crippen LogP contribution in [0.3, 0.4) is 0 Å². The Morgan fingerprint density at radius 3 is 2.32 bits per heavy atom. The van der Waals surface area contributed by atoms with Crippen LogP contribution in [0.25, 0.3) is 0 Å². The van der Waals surface area contributed by atoms with Crippen LogP contribution in [-0.2, 0) is 10.0 Å². The number of nitrogens with zero attached hydrogens (tertiary/aromatic N) is 3. The molecule has 0 fully saturated rings. The number of rotatable bonds is 5. The second-order valence-electron chi connectivity index (χ2n) is 7.30. The molecule has 1 aliphatic rings. The molecule has 28 heavy (non-hydrogen) atoms. The van der Waals surface area contributed by atoms with Crippen molar-refractivity contribution in [3.05, 3.63) is 53.6 Å². The van der Waals surface area contributed by atoms with E-state index in [9.17, 15) is 13.7 Å². The molecule has 148 valence electrons. The van der Waals surface area contributed by atoms with E-state index in [0.29, 0.717) is 5.69 Å². The van der Waals surface area contributed by atoms with Crippen molar-refractivity contribution >= 4 is 21.4 Å². The lowest BCUT2D eigenvalue weighted by Crippen LogP contribution is -2.33. The van der Waals surface area contributed by atoms with Crippen molar-refractivity contribution in [1.82, 2.24) is 0 Å². The molecule has 0 N–H and O–H groups in total. The molecular formula is C21H25N3O3S. The molecule has 2 aromatic carbocycles. The standard InChI is InChI=1S/C21H25N3O3S/c1-14(2)24-20-12-17(27-4)10-11-18(20)19(13-22)21(24)15-6-8-16(9-7-15)23(3)28(5,25)26/h6-12,14,19,21H,1-5H3. The summed E-state index contributed by atoms with van der Waals surface area (Å²) in [5.41, 5.74) is 3.55. The number of fused-ring (bicyclic) bond motifs is 1. The van der Waals surface area contributed by atoms with Gasteiger partial charge in [0.1, 0.15) is 5.75 Å². The predicted octanol–water partition coefficient (Wildman–Crippen LogP) is 3.67. The SMILES string of the molecule is COc1ccc2c(c1)N(C(C)C)C(c1ccc(N(C)S(C)(=O)=O)cc1)C2C#N. The molecule has 1 aliphatic heterocycles. The molecule has 2 atom stereocenters. The van der Waals surface area contributed by atoms with E-state index in [4.69, 9.17) is 4.74 Å². The van der Waals surface area contributed by atoms with Gasteiger partial charge < -0.3 is 9.64 Å². The molecule has 0 aliphatic carbocycles. The number of benzene rings is 2. The van der Waals surface area contributed by atoms with Crippen molar-refractivity contribution in [2.24, 2.45) is 0 Å². The molecule has 0 spiro atoms. The first kappa shape index (κ1) is 20.0. The summed E-state index contributed by atoms with van der Waals surface area (Å²) < 4.78 is 30.2. The molecule has 6 nitrogen and oxygen atoms in total. The lowest BCUT2D eigenvalue weighted by Gasteiger charge is -2.33. The highest BCUT2D eigenvalue weighted by Crippen LogP contribution is 2.50. The summed E-state index contributed by atoms with van der Waals surface area (Å²) >= 11 is 0. The zero-order valence-electron chi connectivity index (χ0n) is 16.7. The fourth-order valence-corrected chi connectivity index (χ4v) is 4.29. The summed E-state index contributed by atoms with van der Waals surface area (Å²) in [5, 5.41) is 9.92. The fraction of sp³-hybridized carbons (Fsp3) is 0.381. The van der Waals surface area contributed by atoms with Gasteiger partial charge in [-0.15, -0.1) is 0 Å². The van der Waals surface area contributed by atoms with Crippen LogP contribution in [0.5, 0.6) is 5.75 Å². The zero-order valence-corrected chi connectivity index (χ0v) is 17.6. The number of methoxy groups -OCH3 is 1. The number of hydrogen-bond donors (Lipinski definition) is 0. The number of anilines is 2. The Labute approximate surface area is 167 Å². The number of hydrogen-bond acceptors (Lipinski definition) is 5. The largest absolute Gasteiger partial charge is 0.497 e. The Kier molecular flexibility index (Phi) is 5.26. The van der Waals surface area contributed by atoms with Gasteiger partial charge in [-0.25, -0.2) is 8.42 Å². The van der Waals surface area contributed by atoms with Gasteiger partial charge in [0.2, 0.25) is 10.0 Å². The maximum Gasteiger partial charge on any atom is 0.231 e. The first-order valence-corrected chi connectivity index (χ1v) is 10.9. The summed E-state index contributed by atoms with van der Waals surface area (Å²) in [4.78, 5) is 2.24. The van der Waals surface area contributed by atoms with Gasteiger partial charge in [0.15, 0.2) is 0 Å². The van der Waals surface area contributed by atoms with Crippen LogP contribution < -0.4 is 13.9 Å². The monoisotopic (exact) mass is 399 g/mol. The van der Waals surface area contributed by atoms with E-state index in [1.807, 2.05) is 30.3 Å². The highest BCUT2D eigenvalue weighted by Gasteiger charge is 2.41. The van der Waals surface area contributed by atoms with Gasteiger partial charge in [-0.1, -0.05) is 18.2 Å². The minimum Gasteiger partial charge on any atom is -0.497 e. The van der Waals surface area contributed by atoms with E-state index in [1.165, 1.54) is 17.6 Å². The van der Waals surface area contributed by atoms with Crippen molar-refractivity contribution in [2.75, 3.05) is 29.6 Å². The molecule has 0 aromatic heterocycles. The van der Waals surface area contributed by atoms with Crippen LogP contribution in [0.4, 0.5) is 11.4 Å². The summed E-state index contributed by atoms with van der Waals surface area (Å²) in [6.45, 7) is 4.20. The minimum absolute atomic E-state index is 0.148. The van der Waals surface area contributed by atoms with Crippen molar-refractivity contribution in [2.45, 2.75) is 31.8 Å². The van der Waals surface area contributed by atoms with Crippen LogP contribution in [0, 0.1) is 11.3 Å². The Morgan fingerprint density at radius 1 is 1.18 bits per heavy atom. The average Bonchev–Trinajstić information content (AvgIpc) is 3.00. The number of sulfonamides is 1. The molecule has 1 heterocycles. The van der Waals surface area contributed by atoms with Gasteiger partial charge in [0.25, 0.3) is 0 Å². The van der Waals surface area contributed by atoms with E-state index in [-0.39, 0.29) is 18.0 Å². The van der Waals surface area contributed by atoms with E-state index in [2.05, 4.69) is 24.8 Å². The maximum atomic E-state index is 11.8. The quantitative estimate of drug-likeness (QED) is 0.767. The van der Waals surface area contributed by atoms with Crippen molar-refractivity contribution in [3.63, 3.8) is 0 Å². The van der Waals surface area contributed by atoms with Gasteiger partial charge in [-0.3, -0.25) is 4.31 Å². The fourth-order valence-electron chi connectivity index (χ4n) is 3.78. The Balaban J connectivity index is 2.06. The van der Waals surface area contributed by atoms with Crippen LogP contribution in [0.15, 0.2) is 42.5 Å². The normalized spacial score (nSPS) is 18.7. The number of nitriles is 1. The molecule has 0 saturated carbocycles. The van der Waals surface area contributed by atoms with Crippen molar-refractivity contribution in [1.29, 1.82) is 5.26 Å². The Bertz CT molecular complexity index is 1010. The maximum absolute atomic E-state index is 11.8. The first-order chi connectivity index (χ1) is 13.2. The average molecular weight is 400 g/mol. The van der Waals surface area contributed by atoms with E-state index in [1.54, 1.807) is 19.2 Å². The highest BCUT2D eigenvalue weighted by molar-refractivity contribution is 7.92. The predicted molar refractivity (Wildman–Crippen MR) is 111 cm³/mol. The smallest absolute Gasteiger partial charge is 0.231 e. The third kappa shape index (κ3) is 3.40. The van der Waals surface area contributed by atoms with Crippen LogP contribution in [0.2, 0.25) is 0 Å². The molecule has 0 radical (unpaired) electrons. The van der Waals surface area contributed by atoms with Gasteiger partial charge in [-0.2, -0.15) is 5.26 Å². The van der Waals surface area contributed by atoms with E-state index >= 15 is 0 Å². The Morgan fingerprint density at radius 2 is 1.82 bits per heavy atom. The topological polar surface area (TPSA) is 73.6 Å². The minimum atomic E-state index is -3.32. The van der Waals surface area contributed by atoms with E-state index < -0.39 is 10.0 Å². The van der Waals surface area contributed by atoms with Gasteiger partial charge in [0, 0.05) is 24.8 Å². The van der Waals surface area contributed by atoms with Gasteiger partial charge in [-0.05, 0) is 43.2 Å². The highest BCUT2D eigenvalue weighted by atomic mass is 32.2. The van der Waals surface area contributed by atoms with Crippen LogP contribution in [-0.4, -0.2) is 34.9 Å². The van der Waals surface area contributed by atoms with Gasteiger partial charge in [0.05, 0.1) is 37.1 Å². The van der Waals surface area contributed by atoms with Gasteiger partial charge >= 0.3 is 0 Å².